The van der Waals surface area contributed by atoms with E-state index in [1.165, 1.54) is 6.33 Å². The Morgan fingerprint density at radius 3 is 2.62 bits per heavy atom. The number of nitrogens with zero attached hydrogens (tertiary/aromatic N) is 4. The maximum atomic E-state index is 9.05. The van der Waals surface area contributed by atoms with Crippen molar-refractivity contribution in [2.75, 3.05) is 0 Å². The number of benzene rings is 1. The number of aromatic nitrogens is 3. The molecule has 0 atom stereocenters. The molecule has 2 rings (SSSR count). The quantitative estimate of drug-likeness (QED) is 0.679. The molecule has 1 aromatic heterocycles. The van der Waals surface area contributed by atoms with Gasteiger partial charge in [-0.3, -0.25) is 0 Å². The molecule has 0 aliphatic carbocycles. The van der Waals surface area contributed by atoms with Crippen LogP contribution in [0.15, 0.2) is 36.9 Å². The van der Waals surface area contributed by atoms with Gasteiger partial charge in [-0.15, -0.1) is 0 Å². The van der Waals surface area contributed by atoms with Gasteiger partial charge in [0, 0.05) is 0 Å². The Bertz CT molecular complexity index is 363. The van der Waals surface area contributed by atoms with Gasteiger partial charge in [0.15, 0.2) is 0 Å². The monoisotopic (exact) mass is 172 g/mol. The summed E-state index contributed by atoms with van der Waals surface area (Å²) in [5.41, 5.74) is 10.4. The molecule has 4 heteroatoms. The fourth-order valence-corrected chi connectivity index (χ4v) is 1.10. The van der Waals surface area contributed by atoms with Gasteiger partial charge in [0.2, 0.25) is 0 Å². The summed E-state index contributed by atoms with van der Waals surface area (Å²) < 4.78 is 1.73. The van der Waals surface area contributed by atoms with Crippen molar-refractivity contribution in [3.8, 4) is 0 Å². The molecular formula is C9H8N4. The summed E-state index contributed by atoms with van der Waals surface area (Å²) in [4.78, 5) is 3.84. The largest absolute Gasteiger partial charge is 0.249 e. The third-order valence-electron chi connectivity index (χ3n) is 1.75. The van der Waals surface area contributed by atoms with Crippen molar-refractivity contribution in [2.24, 2.45) is 0 Å². The Morgan fingerprint density at radius 1 is 1.23 bits per heavy atom. The van der Waals surface area contributed by atoms with Crippen LogP contribution in [-0.4, -0.2) is 14.8 Å². The molecule has 0 amide bonds. The summed E-state index contributed by atoms with van der Waals surface area (Å²) in [6.45, 7) is 0.681. The SMILES string of the molecule is [N]c1ccc(Cn2cncn2)cc1. The standard InChI is InChI=1S/C9H8N4/c10-9-3-1-8(2-4-9)5-13-7-11-6-12-13/h1-4,6-7H,5H2. The van der Waals surface area contributed by atoms with E-state index in [0.29, 0.717) is 6.54 Å². The Kier molecular flexibility index (Phi) is 1.96. The second-order valence-corrected chi connectivity index (χ2v) is 2.76. The number of rotatable bonds is 2. The average Bonchev–Trinajstić information content (AvgIpc) is 2.62. The van der Waals surface area contributed by atoms with E-state index in [-0.39, 0.29) is 5.69 Å². The molecule has 4 nitrogen and oxygen atoms in total. The van der Waals surface area contributed by atoms with E-state index >= 15 is 0 Å². The highest BCUT2D eigenvalue weighted by Crippen LogP contribution is 2.07. The molecule has 2 aromatic rings. The minimum absolute atomic E-state index is 0.280. The van der Waals surface area contributed by atoms with Gasteiger partial charge in [0.05, 0.1) is 12.2 Å². The van der Waals surface area contributed by atoms with E-state index in [4.69, 9.17) is 5.73 Å². The molecule has 0 N–H and O–H groups in total. The topological polar surface area (TPSA) is 53.0 Å². The molecule has 0 aliphatic rings. The van der Waals surface area contributed by atoms with E-state index in [2.05, 4.69) is 10.1 Å². The Morgan fingerprint density at radius 2 is 2.00 bits per heavy atom. The molecule has 0 bridgehead atoms. The molecule has 0 unspecified atom stereocenters. The molecule has 13 heavy (non-hydrogen) atoms. The lowest BCUT2D eigenvalue weighted by Crippen LogP contribution is -1.99. The minimum atomic E-state index is 0.280. The summed E-state index contributed by atoms with van der Waals surface area (Å²) >= 11 is 0. The highest BCUT2D eigenvalue weighted by molar-refractivity contribution is 5.35. The summed E-state index contributed by atoms with van der Waals surface area (Å²) in [6.07, 6.45) is 3.16. The summed E-state index contributed by atoms with van der Waals surface area (Å²) in [5.74, 6) is 0. The molecule has 1 aromatic carbocycles. The van der Waals surface area contributed by atoms with Crippen molar-refractivity contribution in [3.05, 3.63) is 42.5 Å². The van der Waals surface area contributed by atoms with Crippen molar-refractivity contribution in [3.63, 3.8) is 0 Å². The lowest BCUT2D eigenvalue weighted by Gasteiger charge is -1.99. The highest BCUT2D eigenvalue weighted by atomic mass is 15.3. The highest BCUT2D eigenvalue weighted by Gasteiger charge is 1.94. The van der Waals surface area contributed by atoms with Crippen LogP contribution in [0.5, 0.6) is 0 Å². The number of hydrogen-bond donors (Lipinski definition) is 0. The minimum Gasteiger partial charge on any atom is -0.249 e. The molecule has 2 radical (unpaired) electrons. The Hall–Kier alpha value is -1.84. The van der Waals surface area contributed by atoms with E-state index in [0.717, 1.165) is 5.56 Å². The molecule has 64 valence electrons. The molecule has 0 spiro atoms. The van der Waals surface area contributed by atoms with Crippen LogP contribution in [-0.2, 0) is 6.54 Å². The zero-order chi connectivity index (χ0) is 9.10. The molecule has 0 fully saturated rings. The Labute approximate surface area is 76.0 Å². The van der Waals surface area contributed by atoms with E-state index < -0.39 is 0 Å². The van der Waals surface area contributed by atoms with Crippen LogP contribution in [0, 0.1) is 0 Å². The first-order valence-electron chi connectivity index (χ1n) is 3.95. The van der Waals surface area contributed by atoms with Gasteiger partial charge in [-0.2, -0.15) is 10.8 Å². The van der Waals surface area contributed by atoms with Crippen LogP contribution in [0.1, 0.15) is 5.56 Å². The first-order valence-corrected chi connectivity index (χ1v) is 3.95. The fraction of sp³-hybridized carbons (Fsp3) is 0.111. The Balaban J connectivity index is 2.15. The molecule has 0 saturated carbocycles. The fourth-order valence-electron chi connectivity index (χ4n) is 1.10. The smallest absolute Gasteiger partial charge is 0.137 e. The van der Waals surface area contributed by atoms with Crippen molar-refractivity contribution < 1.29 is 0 Å². The zero-order valence-corrected chi connectivity index (χ0v) is 6.96. The van der Waals surface area contributed by atoms with Crippen LogP contribution in [0.4, 0.5) is 5.69 Å². The third-order valence-corrected chi connectivity index (χ3v) is 1.75. The van der Waals surface area contributed by atoms with Gasteiger partial charge in [0.1, 0.15) is 12.7 Å². The lowest BCUT2D eigenvalue weighted by molar-refractivity contribution is 0.685. The number of hydrogen-bond acceptors (Lipinski definition) is 2. The van der Waals surface area contributed by atoms with Gasteiger partial charge in [-0.05, 0) is 17.7 Å². The van der Waals surface area contributed by atoms with Gasteiger partial charge < -0.3 is 0 Å². The molecule has 0 aliphatic heterocycles. The van der Waals surface area contributed by atoms with E-state index in [1.54, 1.807) is 23.1 Å². The van der Waals surface area contributed by atoms with E-state index in [9.17, 15) is 0 Å². The predicted molar refractivity (Wildman–Crippen MR) is 47.4 cm³/mol. The first-order chi connectivity index (χ1) is 6.34. The van der Waals surface area contributed by atoms with Crippen LogP contribution in [0.3, 0.4) is 0 Å². The normalized spacial score (nSPS) is 10.2. The zero-order valence-electron chi connectivity index (χ0n) is 6.96. The predicted octanol–water partition coefficient (Wildman–Crippen LogP) is 1.03. The van der Waals surface area contributed by atoms with Crippen LogP contribution in [0.2, 0.25) is 0 Å². The van der Waals surface area contributed by atoms with E-state index in [1.807, 2.05) is 12.1 Å². The van der Waals surface area contributed by atoms with Gasteiger partial charge in [0.25, 0.3) is 0 Å². The summed E-state index contributed by atoms with van der Waals surface area (Å²) in [5, 5.41) is 3.98. The summed E-state index contributed by atoms with van der Waals surface area (Å²) in [7, 11) is 0. The van der Waals surface area contributed by atoms with Gasteiger partial charge >= 0.3 is 0 Å². The van der Waals surface area contributed by atoms with Gasteiger partial charge in [-0.1, -0.05) is 12.1 Å². The van der Waals surface area contributed by atoms with Gasteiger partial charge in [-0.25, -0.2) is 9.67 Å². The second-order valence-electron chi connectivity index (χ2n) is 2.76. The second kappa shape index (κ2) is 3.26. The van der Waals surface area contributed by atoms with Crippen LogP contribution in [0.25, 0.3) is 0 Å². The maximum absolute atomic E-state index is 9.05. The van der Waals surface area contributed by atoms with Crippen molar-refractivity contribution in [1.29, 1.82) is 0 Å². The lowest BCUT2D eigenvalue weighted by atomic mass is 10.2. The van der Waals surface area contributed by atoms with Crippen molar-refractivity contribution in [1.82, 2.24) is 20.5 Å². The molecule has 1 heterocycles. The maximum Gasteiger partial charge on any atom is 0.137 e. The summed E-state index contributed by atoms with van der Waals surface area (Å²) in [6, 6.07) is 7.03. The molecular weight excluding hydrogens is 164 g/mol. The van der Waals surface area contributed by atoms with Crippen LogP contribution >= 0.6 is 0 Å². The first kappa shape index (κ1) is 7.79. The third kappa shape index (κ3) is 1.84. The van der Waals surface area contributed by atoms with Crippen molar-refractivity contribution in [2.45, 2.75) is 6.54 Å². The van der Waals surface area contributed by atoms with Crippen LogP contribution < -0.4 is 5.73 Å². The van der Waals surface area contributed by atoms with Crippen molar-refractivity contribution >= 4 is 5.69 Å². The average molecular weight is 172 g/mol. The molecule has 0 saturated heterocycles.